The Kier molecular flexibility index (Phi) is 5.24. The van der Waals surface area contributed by atoms with Crippen LogP contribution in [0.15, 0.2) is 27.9 Å². The Morgan fingerprint density at radius 3 is 2.78 bits per heavy atom. The van der Waals surface area contributed by atoms with Crippen molar-refractivity contribution < 1.29 is 8.91 Å². The number of hydrogen-bond acceptors (Lipinski definition) is 6. The van der Waals surface area contributed by atoms with E-state index in [1.54, 1.807) is 30.8 Å². The van der Waals surface area contributed by atoms with Crippen molar-refractivity contribution in [3.63, 3.8) is 0 Å². The number of halogens is 1. The van der Waals surface area contributed by atoms with Crippen LogP contribution >= 0.6 is 11.8 Å². The molecule has 0 atom stereocenters. The van der Waals surface area contributed by atoms with Gasteiger partial charge in [-0.3, -0.25) is 0 Å². The Hall–Kier alpha value is -2.22. The highest BCUT2D eigenvalue weighted by Gasteiger charge is 2.22. The van der Waals surface area contributed by atoms with Gasteiger partial charge >= 0.3 is 0 Å². The quantitative estimate of drug-likeness (QED) is 0.581. The minimum atomic E-state index is -0.274. The summed E-state index contributed by atoms with van der Waals surface area (Å²) < 4.78 is 21.3. The zero-order valence-electron chi connectivity index (χ0n) is 15.5. The van der Waals surface area contributed by atoms with Gasteiger partial charge in [0.05, 0.1) is 5.75 Å². The van der Waals surface area contributed by atoms with Crippen LogP contribution in [0.1, 0.15) is 55.4 Å². The van der Waals surface area contributed by atoms with Crippen LogP contribution in [-0.2, 0) is 5.75 Å². The van der Waals surface area contributed by atoms with Crippen LogP contribution in [0.2, 0.25) is 0 Å². The summed E-state index contributed by atoms with van der Waals surface area (Å²) in [6.07, 6.45) is 6.18. The Morgan fingerprint density at radius 2 is 2.00 bits per heavy atom. The second kappa shape index (κ2) is 7.80. The molecule has 27 heavy (non-hydrogen) atoms. The molecule has 0 saturated heterocycles. The third kappa shape index (κ3) is 3.90. The molecular formula is C19H22FN5OS. The van der Waals surface area contributed by atoms with Gasteiger partial charge in [0.2, 0.25) is 11.7 Å². The fraction of sp³-hybridized carbons (Fsp3) is 0.474. The molecule has 2 aromatic heterocycles. The topological polar surface area (TPSA) is 69.6 Å². The van der Waals surface area contributed by atoms with Gasteiger partial charge in [0, 0.05) is 11.6 Å². The number of aromatic nitrogens is 5. The number of rotatable bonds is 5. The molecule has 0 radical (unpaired) electrons. The van der Waals surface area contributed by atoms with E-state index >= 15 is 0 Å². The summed E-state index contributed by atoms with van der Waals surface area (Å²) in [7, 11) is 0. The summed E-state index contributed by atoms with van der Waals surface area (Å²) in [4.78, 5) is 4.39. The van der Waals surface area contributed by atoms with Gasteiger partial charge in [-0.2, -0.15) is 4.98 Å². The predicted molar refractivity (Wildman–Crippen MR) is 101 cm³/mol. The highest BCUT2D eigenvalue weighted by Crippen LogP contribution is 2.33. The van der Waals surface area contributed by atoms with Crippen molar-refractivity contribution in [3.05, 3.63) is 41.3 Å². The van der Waals surface area contributed by atoms with Crippen molar-refractivity contribution in [2.24, 2.45) is 0 Å². The molecule has 1 aromatic carbocycles. The lowest BCUT2D eigenvalue weighted by Gasteiger charge is -2.24. The van der Waals surface area contributed by atoms with Crippen molar-refractivity contribution in [2.45, 2.75) is 62.9 Å². The summed E-state index contributed by atoms with van der Waals surface area (Å²) in [5.41, 5.74) is 1.20. The molecule has 1 aliphatic rings. The number of benzene rings is 1. The molecular weight excluding hydrogens is 365 g/mol. The number of thioether (sulfide) groups is 1. The first kappa shape index (κ1) is 18.2. The average Bonchev–Trinajstić information content (AvgIpc) is 3.29. The van der Waals surface area contributed by atoms with Crippen LogP contribution in [-0.4, -0.2) is 24.9 Å². The minimum Gasteiger partial charge on any atom is -0.338 e. The smallest absolute Gasteiger partial charge is 0.237 e. The van der Waals surface area contributed by atoms with Crippen LogP contribution in [0.25, 0.3) is 11.4 Å². The third-order valence-corrected chi connectivity index (χ3v) is 5.93. The van der Waals surface area contributed by atoms with Crippen LogP contribution in [0.5, 0.6) is 0 Å². The molecule has 0 N–H and O–H groups in total. The van der Waals surface area contributed by atoms with Crippen LogP contribution in [0.4, 0.5) is 4.39 Å². The number of nitrogens with zero attached hydrogens (tertiary/aromatic N) is 5. The van der Waals surface area contributed by atoms with Gasteiger partial charge in [-0.25, -0.2) is 4.39 Å². The third-order valence-electron chi connectivity index (χ3n) is 5.00. The van der Waals surface area contributed by atoms with Gasteiger partial charge in [0.25, 0.3) is 0 Å². The number of aryl methyl sites for hydroxylation is 2. The lowest BCUT2D eigenvalue weighted by atomic mass is 9.95. The number of hydrogen-bond donors (Lipinski definition) is 0. The molecule has 1 aliphatic carbocycles. The second-order valence-electron chi connectivity index (χ2n) is 6.96. The van der Waals surface area contributed by atoms with Gasteiger partial charge in [0.15, 0.2) is 5.16 Å². The summed E-state index contributed by atoms with van der Waals surface area (Å²) in [5, 5.41) is 13.5. The normalized spacial score (nSPS) is 15.4. The maximum atomic E-state index is 13.8. The molecule has 1 saturated carbocycles. The van der Waals surface area contributed by atoms with Gasteiger partial charge in [-0.15, -0.1) is 10.2 Å². The van der Waals surface area contributed by atoms with E-state index in [0.29, 0.717) is 34.6 Å². The van der Waals surface area contributed by atoms with E-state index < -0.39 is 0 Å². The summed E-state index contributed by atoms with van der Waals surface area (Å²) in [5.74, 6) is 2.07. The molecule has 0 spiro atoms. The summed E-state index contributed by atoms with van der Waals surface area (Å²) >= 11 is 1.55. The molecule has 0 unspecified atom stereocenters. The summed E-state index contributed by atoms with van der Waals surface area (Å²) in [6, 6.07) is 5.42. The van der Waals surface area contributed by atoms with Gasteiger partial charge in [0.1, 0.15) is 11.6 Å². The van der Waals surface area contributed by atoms with Gasteiger partial charge in [-0.1, -0.05) is 48.3 Å². The van der Waals surface area contributed by atoms with E-state index in [2.05, 4.69) is 24.9 Å². The Morgan fingerprint density at radius 1 is 1.19 bits per heavy atom. The lowest BCUT2D eigenvalue weighted by Crippen LogP contribution is -2.15. The SMILES string of the molecule is Cc1ccc(-c2noc(CSc3nnc(C)n3C3CCCCC3)n2)cc1F. The molecule has 3 aromatic rings. The first-order valence-electron chi connectivity index (χ1n) is 9.25. The molecule has 4 rings (SSSR count). The highest BCUT2D eigenvalue weighted by atomic mass is 32.2. The van der Waals surface area contributed by atoms with E-state index in [1.165, 1.54) is 38.2 Å². The molecule has 0 aliphatic heterocycles. The molecule has 0 bridgehead atoms. The summed E-state index contributed by atoms with van der Waals surface area (Å²) in [6.45, 7) is 3.73. The Labute approximate surface area is 161 Å². The zero-order valence-corrected chi connectivity index (χ0v) is 16.3. The fourth-order valence-electron chi connectivity index (χ4n) is 3.50. The molecule has 8 heteroatoms. The maximum absolute atomic E-state index is 13.8. The first-order valence-corrected chi connectivity index (χ1v) is 10.2. The molecule has 142 valence electrons. The average molecular weight is 387 g/mol. The molecule has 6 nitrogen and oxygen atoms in total. The van der Waals surface area contributed by atoms with Gasteiger partial charge in [-0.05, 0) is 38.3 Å². The Bertz CT molecular complexity index is 932. The van der Waals surface area contributed by atoms with Crippen molar-refractivity contribution in [3.8, 4) is 11.4 Å². The Balaban J connectivity index is 1.47. The van der Waals surface area contributed by atoms with Crippen molar-refractivity contribution >= 4 is 11.8 Å². The lowest BCUT2D eigenvalue weighted by molar-refractivity contribution is 0.331. The largest absolute Gasteiger partial charge is 0.338 e. The van der Waals surface area contributed by atoms with Crippen molar-refractivity contribution in [2.75, 3.05) is 0 Å². The standard InChI is InChI=1S/C19H22FN5OS/c1-12-8-9-14(10-16(12)20)18-21-17(26-24-18)11-27-19-23-22-13(2)25(19)15-6-4-3-5-7-15/h8-10,15H,3-7,11H2,1-2H3. The molecule has 1 fully saturated rings. The maximum Gasteiger partial charge on any atom is 0.237 e. The fourth-order valence-corrected chi connectivity index (χ4v) is 4.39. The minimum absolute atomic E-state index is 0.274. The second-order valence-corrected chi connectivity index (χ2v) is 7.90. The zero-order chi connectivity index (χ0) is 18.8. The predicted octanol–water partition coefficient (Wildman–Crippen LogP) is 4.88. The van der Waals surface area contributed by atoms with Crippen molar-refractivity contribution in [1.82, 2.24) is 24.9 Å². The van der Waals surface area contributed by atoms with E-state index in [9.17, 15) is 4.39 Å². The van der Waals surface area contributed by atoms with Gasteiger partial charge < -0.3 is 9.09 Å². The van der Waals surface area contributed by atoms with Crippen LogP contribution in [0.3, 0.4) is 0 Å². The first-order chi connectivity index (χ1) is 13.1. The van der Waals surface area contributed by atoms with Crippen LogP contribution < -0.4 is 0 Å². The van der Waals surface area contributed by atoms with Crippen molar-refractivity contribution in [1.29, 1.82) is 0 Å². The molecule has 0 amide bonds. The van der Waals surface area contributed by atoms with Crippen LogP contribution in [0, 0.1) is 19.7 Å². The van der Waals surface area contributed by atoms with E-state index in [0.717, 1.165) is 11.0 Å². The van der Waals surface area contributed by atoms with E-state index in [4.69, 9.17) is 4.52 Å². The monoisotopic (exact) mass is 387 g/mol. The molecule has 2 heterocycles. The van der Waals surface area contributed by atoms with E-state index in [1.807, 2.05) is 6.92 Å². The highest BCUT2D eigenvalue weighted by molar-refractivity contribution is 7.98. The van der Waals surface area contributed by atoms with E-state index in [-0.39, 0.29) is 5.82 Å².